The molecule has 0 aromatic heterocycles. The minimum Gasteiger partial charge on any atom is -0.497 e. The smallest absolute Gasteiger partial charge is 0.123 e. The van der Waals surface area contributed by atoms with Gasteiger partial charge in [-0.25, -0.2) is 0 Å². The highest BCUT2D eigenvalue weighted by Crippen LogP contribution is 2.21. The maximum Gasteiger partial charge on any atom is 0.123 e. The maximum atomic E-state index is 5.77. The first-order valence-corrected chi connectivity index (χ1v) is 6.67. The largest absolute Gasteiger partial charge is 0.497 e. The van der Waals surface area contributed by atoms with Crippen molar-refractivity contribution in [2.45, 2.75) is 13.5 Å². The first-order chi connectivity index (χ1) is 9.60. The summed E-state index contributed by atoms with van der Waals surface area (Å²) in [5.41, 5.74) is 8.71. The van der Waals surface area contributed by atoms with Crippen LogP contribution in [0.3, 0.4) is 0 Å². The first-order valence-electron chi connectivity index (χ1n) is 6.26. The molecule has 0 saturated carbocycles. The standard InChI is InChI=1S/C16H17NO2S/c1-11-8-12(16(17)20)6-7-13(11)10-19-15-5-3-4-14(9-15)18-2/h3-9H,10H2,1-2H3,(H2,17,20). The van der Waals surface area contributed by atoms with Crippen LogP contribution >= 0.6 is 12.2 Å². The van der Waals surface area contributed by atoms with Crippen LogP contribution in [-0.2, 0) is 6.61 Å². The van der Waals surface area contributed by atoms with Crippen molar-refractivity contribution in [2.75, 3.05) is 7.11 Å². The van der Waals surface area contributed by atoms with Gasteiger partial charge in [0.15, 0.2) is 0 Å². The number of hydrogen-bond donors (Lipinski definition) is 1. The minimum atomic E-state index is 0.411. The summed E-state index contributed by atoms with van der Waals surface area (Å²) in [6, 6.07) is 13.4. The zero-order valence-electron chi connectivity index (χ0n) is 11.6. The van der Waals surface area contributed by atoms with E-state index in [4.69, 9.17) is 27.4 Å². The molecule has 0 radical (unpaired) electrons. The van der Waals surface area contributed by atoms with E-state index in [1.165, 1.54) is 0 Å². The Morgan fingerprint density at radius 2 is 1.90 bits per heavy atom. The predicted octanol–water partition coefficient (Wildman–Crippen LogP) is 3.22. The number of hydrogen-bond acceptors (Lipinski definition) is 3. The fourth-order valence-corrected chi connectivity index (χ4v) is 1.99. The molecule has 0 fully saturated rings. The van der Waals surface area contributed by atoms with Crippen molar-refractivity contribution in [1.29, 1.82) is 0 Å². The highest BCUT2D eigenvalue weighted by Gasteiger charge is 2.04. The number of benzene rings is 2. The predicted molar refractivity (Wildman–Crippen MR) is 84.4 cm³/mol. The lowest BCUT2D eigenvalue weighted by Gasteiger charge is -2.11. The van der Waals surface area contributed by atoms with E-state index < -0.39 is 0 Å². The quantitative estimate of drug-likeness (QED) is 0.858. The summed E-state index contributed by atoms with van der Waals surface area (Å²) in [6.07, 6.45) is 0. The number of methoxy groups -OCH3 is 1. The molecule has 0 aliphatic carbocycles. The molecule has 0 saturated heterocycles. The molecule has 0 aliphatic rings. The van der Waals surface area contributed by atoms with Gasteiger partial charge in [0, 0.05) is 11.6 Å². The van der Waals surface area contributed by atoms with Crippen molar-refractivity contribution in [2.24, 2.45) is 5.73 Å². The zero-order chi connectivity index (χ0) is 14.5. The average Bonchev–Trinajstić information content (AvgIpc) is 2.46. The molecule has 3 nitrogen and oxygen atoms in total. The third-order valence-electron chi connectivity index (χ3n) is 3.06. The van der Waals surface area contributed by atoms with Gasteiger partial charge in [-0.05, 0) is 36.2 Å². The molecule has 0 spiro atoms. The molecule has 20 heavy (non-hydrogen) atoms. The number of aryl methyl sites for hydroxylation is 1. The van der Waals surface area contributed by atoms with E-state index in [2.05, 4.69) is 0 Å². The minimum absolute atomic E-state index is 0.411. The molecule has 0 atom stereocenters. The first kappa shape index (κ1) is 14.3. The summed E-state index contributed by atoms with van der Waals surface area (Å²) in [4.78, 5) is 0.411. The molecule has 0 aliphatic heterocycles. The zero-order valence-corrected chi connectivity index (χ0v) is 12.4. The van der Waals surface area contributed by atoms with Gasteiger partial charge in [0.25, 0.3) is 0 Å². The fraction of sp³-hybridized carbons (Fsp3) is 0.188. The van der Waals surface area contributed by atoms with Crippen molar-refractivity contribution in [3.8, 4) is 11.5 Å². The molecule has 4 heteroatoms. The van der Waals surface area contributed by atoms with E-state index in [1.54, 1.807) is 7.11 Å². The summed E-state index contributed by atoms with van der Waals surface area (Å²) in [5.74, 6) is 1.56. The van der Waals surface area contributed by atoms with Gasteiger partial charge < -0.3 is 15.2 Å². The second-order valence-corrected chi connectivity index (χ2v) is 4.91. The van der Waals surface area contributed by atoms with E-state index >= 15 is 0 Å². The monoisotopic (exact) mass is 287 g/mol. The lowest BCUT2D eigenvalue weighted by atomic mass is 10.1. The van der Waals surface area contributed by atoms with Crippen LogP contribution < -0.4 is 15.2 Å². The van der Waals surface area contributed by atoms with Crippen LogP contribution in [0.1, 0.15) is 16.7 Å². The van der Waals surface area contributed by atoms with Crippen LogP contribution in [0.15, 0.2) is 42.5 Å². The summed E-state index contributed by atoms with van der Waals surface area (Å²) in [7, 11) is 1.64. The Morgan fingerprint density at radius 1 is 1.15 bits per heavy atom. The Morgan fingerprint density at radius 3 is 2.55 bits per heavy atom. The van der Waals surface area contributed by atoms with Crippen molar-refractivity contribution in [3.05, 3.63) is 59.2 Å². The third-order valence-corrected chi connectivity index (χ3v) is 3.30. The summed E-state index contributed by atoms with van der Waals surface area (Å²) in [6.45, 7) is 2.52. The van der Waals surface area contributed by atoms with Crippen LogP contribution in [0.4, 0.5) is 0 Å². The second-order valence-electron chi connectivity index (χ2n) is 4.47. The van der Waals surface area contributed by atoms with E-state index in [1.807, 2.05) is 49.4 Å². The second kappa shape index (κ2) is 6.39. The number of rotatable bonds is 5. The van der Waals surface area contributed by atoms with E-state index in [0.29, 0.717) is 11.6 Å². The molecule has 2 N–H and O–H groups in total. The van der Waals surface area contributed by atoms with E-state index in [-0.39, 0.29) is 0 Å². The Hall–Kier alpha value is -2.07. The van der Waals surface area contributed by atoms with Crippen LogP contribution in [0.25, 0.3) is 0 Å². The number of ether oxygens (including phenoxy) is 2. The van der Waals surface area contributed by atoms with Crippen molar-refractivity contribution < 1.29 is 9.47 Å². The van der Waals surface area contributed by atoms with Gasteiger partial charge in [-0.1, -0.05) is 30.4 Å². The van der Waals surface area contributed by atoms with Crippen LogP contribution in [0.5, 0.6) is 11.5 Å². The van der Waals surface area contributed by atoms with Crippen LogP contribution in [0, 0.1) is 6.92 Å². The van der Waals surface area contributed by atoms with Crippen molar-refractivity contribution >= 4 is 17.2 Å². The number of thiocarbonyl (C=S) groups is 1. The van der Waals surface area contributed by atoms with Gasteiger partial charge in [-0.2, -0.15) is 0 Å². The van der Waals surface area contributed by atoms with Crippen molar-refractivity contribution in [3.63, 3.8) is 0 Å². The Balaban J connectivity index is 2.08. The maximum absolute atomic E-state index is 5.77. The summed E-state index contributed by atoms with van der Waals surface area (Å²) >= 11 is 4.97. The molecule has 0 amide bonds. The number of nitrogens with two attached hydrogens (primary N) is 1. The van der Waals surface area contributed by atoms with Crippen LogP contribution in [0.2, 0.25) is 0 Å². The lowest BCUT2D eigenvalue weighted by molar-refractivity contribution is 0.303. The Labute approximate surface area is 124 Å². The molecule has 2 aromatic carbocycles. The van der Waals surface area contributed by atoms with Gasteiger partial charge >= 0.3 is 0 Å². The average molecular weight is 287 g/mol. The van der Waals surface area contributed by atoms with Crippen molar-refractivity contribution in [1.82, 2.24) is 0 Å². The van der Waals surface area contributed by atoms with Gasteiger partial charge in [-0.3, -0.25) is 0 Å². The van der Waals surface area contributed by atoms with Gasteiger partial charge in [0.05, 0.1) is 7.11 Å². The molecular formula is C16H17NO2S. The lowest BCUT2D eigenvalue weighted by Crippen LogP contribution is -2.10. The highest BCUT2D eigenvalue weighted by atomic mass is 32.1. The molecule has 2 aromatic rings. The Kier molecular flexibility index (Phi) is 4.58. The van der Waals surface area contributed by atoms with Crippen LogP contribution in [-0.4, -0.2) is 12.1 Å². The summed E-state index contributed by atoms with van der Waals surface area (Å²) in [5, 5.41) is 0. The SMILES string of the molecule is COc1cccc(OCc2ccc(C(N)=S)cc2C)c1. The molecule has 0 bridgehead atoms. The topological polar surface area (TPSA) is 44.5 Å². The molecule has 104 valence electrons. The van der Waals surface area contributed by atoms with E-state index in [0.717, 1.165) is 28.2 Å². The fourth-order valence-electron chi connectivity index (χ4n) is 1.86. The Bertz CT molecular complexity index is 626. The van der Waals surface area contributed by atoms with Gasteiger partial charge in [-0.15, -0.1) is 0 Å². The molecule has 0 unspecified atom stereocenters. The molecular weight excluding hydrogens is 270 g/mol. The third kappa shape index (κ3) is 3.48. The van der Waals surface area contributed by atoms with Gasteiger partial charge in [0.2, 0.25) is 0 Å². The highest BCUT2D eigenvalue weighted by molar-refractivity contribution is 7.80. The van der Waals surface area contributed by atoms with E-state index in [9.17, 15) is 0 Å². The molecule has 2 rings (SSSR count). The van der Waals surface area contributed by atoms with Gasteiger partial charge in [0.1, 0.15) is 23.1 Å². The normalized spacial score (nSPS) is 10.1. The summed E-state index contributed by atoms with van der Waals surface area (Å²) < 4.78 is 10.9. The molecule has 0 heterocycles.